The number of fused-ring (bicyclic) bond motifs is 1. The first-order valence-electron chi connectivity index (χ1n) is 5.05. The maximum absolute atomic E-state index is 11.9. The van der Waals surface area contributed by atoms with E-state index in [1.54, 1.807) is 18.2 Å². The number of hydrogen-bond acceptors (Lipinski definition) is 7. The molecule has 0 aliphatic rings. The number of ether oxygens (including phenoxy) is 1. The molecule has 0 radical (unpaired) electrons. The lowest BCUT2D eigenvalue weighted by Crippen LogP contribution is -2.10. The van der Waals surface area contributed by atoms with Crippen molar-refractivity contribution < 1.29 is 9.53 Å². The van der Waals surface area contributed by atoms with Gasteiger partial charge in [0.1, 0.15) is 18.2 Å². The fourth-order valence-corrected chi connectivity index (χ4v) is 2.13. The van der Waals surface area contributed by atoms with Crippen LogP contribution in [0.1, 0.15) is 10.4 Å². The summed E-state index contributed by atoms with van der Waals surface area (Å²) in [6, 6.07) is 5.23. The van der Waals surface area contributed by atoms with Gasteiger partial charge in [0.05, 0.1) is 10.3 Å². The quantitative estimate of drug-likeness (QED) is 0.656. The molecule has 0 saturated carbocycles. The van der Waals surface area contributed by atoms with Gasteiger partial charge in [-0.1, -0.05) is 10.6 Å². The van der Waals surface area contributed by atoms with Gasteiger partial charge >= 0.3 is 5.97 Å². The molecule has 90 valence electrons. The van der Waals surface area contributed by atoms with Gasteiger partial charge in [-0.2, -0.15) is 5.10 Å². The Labute approximate surface area is 105 Å². The Kier molecular flexibility index (Phi) is 2.69. The van der Waals surface area contributed by atoms with Crippen molar-refractivity contribution in [2.75, 3.05) is 0 Å². The lowest BCUT2D eigenvalue weighted by Gasteiger charge is -2.04. The van der Waals surface area contributed by atoms with Crippen LogP contribution < -0.4 is 0 Å². The van der Waals surface area contributed by atoms with Crippen molar-refractivity contribution in [3.63, 3.8) is 0 Å². The van der Waals surface area contributed by atoms with Gasteiger partial charge in [-0.3, -0.25) is 0 Å². The molecule has 0 aliphatic carbocycles. The van der Waals surface area contributed by atoms with Crippen LogP contribution in [-0.2, 0) is 11.5 Å². The van der Waals surface area contributed by atoms with Crippen molar-refractivity contribution in [1.29, 1.82) is 0 Å². The van der Waals surface area contributed by atoms with Crippen LogP contribution in [-0.4, -0.2) is 30.3 Å². The second kappa shape index (κ2) is 4.49. The van der Waals surface area contributed by atoms with Crippen molar-refractivity contribution in [2.24, 2.45) is 0 Å². The number of esters is 1. The maximum Gasteiger partial charge on any atom is 0.341 e. The van der Waals surface area contributed by atoms with Crippen molar-refractivity contribution in [3.8, 4) is 0 Å². The average molecular weight is 261 g/mol. The van der Waals surface area contributed by atoms with Gasteiger partial charge in [0.2, 0.25) is 0 Å². The number of rotatable bonds is 3. The van der Waals surface area contributed by atoms with E-state index in [0.717, 1.165) is 4.70 Å². The van der Waals surface area contributed by atoms with E-state index in [1.807, 2.05) is 0 Å². The predicted octanol–water partition coefficient (Wildman–Crippen LogP) is 1.10. The third kappa shape index (κ3) is 1.93. The Bertz CT molecular complexity index is 678. The van der Waals surface area contributed by atoms with E-state index in [0.29, 0.717) is 11.1 Å². The summed E-state index contributed by atoms with van der Waals surface area (Å²) in [5.41, 5.74) is 1.15. The van der Waals surface area contributed by atoms with Crippen LogP contribution in [0, 0.1) is 0 Å². The summed E-state index contributed by atoms with van der Waals surface area (Å²) in [4.78, 5) is 15.7. The molecule has 0 spiro atoms. The monoisotopic (exact) mass is 261 g/mol. The summed E-state index contributed by atoms with van der Waals surface area (Å²) < 4.78 is 11.1. The highest BCUT2D eigenvalue weighted by Crippen LogP contribution is 2.20. The van der Waals surface area contributed by atoms with Gasteiger partial charge in [0.15, 0.2) is 6.73 Å². The lowest BCUT2D eigenvalue weighted by molar-refractivity contribution is 0.0351. The summed E-state index contributed by atoms with van der Waals surface area (Å²) in [5, 5.41) is 7.75. The summed E-state index contributed by atoms with van der Waals surface area (Å²) in [6.07, 6.45) is 2.85. The Hall–Kier alpha value is -2.35. The summed E-state index contributed by atoms with van der Waals surface area (Å²) in [5.74, 6) is -0.429. The van der Waals surface area contributed by atoms with Crippen LogP contribution in [0.3, 0.4) is 0 Å². The minimum atomic E-state index is -0.429. The number of benzene rings is 1. The molecular formula is C10H7N5O2S. The molecule has 0 N–H and O–H groups in total. The molecule has 3 rings (SSSR count). The first-order chi connectivity index (χ1) is 8.84. The van der Waals surface area contributed by atoms with E-state index in [4.69, 9.17) is 4.74 Å². The van der Waals surface area contributed by atoms with Gasteiger partial charge in [-0.15, -0.1) is 5.10 Å². The summed E-state index contributed by atoms with van der Waals surface area (Å²) >= 11 is 1.17. The van der Waals surface area contributed by atoms with Gasteiger partial charge < -0.3 is 4.74 Å². The molecule has 0 aliphatic heterocycles. The highest BCUT2D eigenvalue weighted by molar-refractivity contribution is 7.13. The van der Waals surface area contributed by atoms with Crippen molar-refractivity contribution in [2.45, 2.75) is 6.73 Å². The lowest BCUT2D eigenvalue weighted by atomic mass is 10.2. The molecule has 0 amide bonds. The minimum Gasteiger partial charge on any atom is -0.439 e. The summed E-state index contributed by atoms with van der Waals surface area (Å²) in [7, 11) is 0. The molecule has 2 heterocycles. The Morgan fingerprint density at radius 2 is 2.39 bits per heavy atom. The number of carbonyl (C=O) groups excluding carboxylic acids is 1. The second-order valence-electron chi connectivity index (χ2n) is 3.42. The van der Waals surface area contributed by atoms with E-state index in [-0.39, 0.29) is 6.73 Å². The molecule has 0 bridgehead atoms. The Morgan fingerprint density at radius 1 is 1.44 bits per heavy atom. The SMILES string of the molecule is O=C(OCn1cncn1)c1cccc2nnsc12. The number of hydrogen-bond donors (Lipinski definition) is 0. The van der Waals surface area contributed by atoms with Gasteiger partial charge in [0, 0.05) is 0 Å². The zero-order valence-electron chi connectivity index (χ0n) is 9.05. The van der Waals surface area contributed by atoms with Crippen LogP contribution in [0.5, 0.6) is 0 Å². The molecule has 0 saturated heterocycles. The maximum atomic E-state index is 11.9. The highest BCUT2D eigenvalue weighted by atomic mass is 32.1. The van der Waals surface area contributed by atoms with E-state index in [9.17, 15) is 4.79 Å². The number of nitrogens with zero attached hydrogens (tertiary/aromatic N) is 5. The predicted molar refractivity (Wildman–Crippen MR) is 62.9 cm³/mol. The molecule has 8 heteroatoms. The van der Waals surface area contributed by atoms with Crippen molar-refractivity contribution in [3.05, 3.63) is 36.4 Å². The minimum absolute atomic E-state index is 0.0292. The zero-order valence-corrected chi connectivity index (χ0v) is 9.87. The molecule has 3 aromatic rings. The first-order valence-corrected chi connectivity index (χ1v) is 5.82. The van der Waals surface area contributed by atoms with Crippen LogP contribution in [0.2, 0.25) is 0 Å². The van der Waals surface area contributed by atoms with Gasteiger partial charge in [-0.25, -0.2) is 14.5 Å². The Morgan fingerprint density at radius 3 is 3.22 bits per heavy atom. The van der Waals surface area contributed by atoms with E-state index in [2.05, 4.69) is 19.7 Å². The zero-order chi connectivity index (χ0) is 12.4. The largest absolute Gasteiger partial charge is 0.439 e. The van der Waals surface area contributed by atoms with E-state index < -0.39 is 5.97 Å². The molecule has 1 aromatic carbocycles. The standard InChI is InChI=1S/C10H7N5O2S/c16-10(17-6-15-5-11-4-12-15)7-2-1-3-8-9(7)18-14-13-8/h1-5H,6H2. The van der Waals surface area contributed by atoms with E-state index in [1.165, 1.54) is 28.9 Å². The smallest absolute Gasteiger partial charge is 0.341 e. The first kappa shape index (κ1) is 10.8. The van der Waals surface area contributed by atoms with Crippen molar-refractivity contribution >= 4 is 27.7 Å². The highest BCUT2D eigenvalue weighted by Gasteiger charge is 2.13. The average Bonchev–Trinajstić information content (AvgIpc) is 3.05. The third-order valence-corrected chi connectivity index (χ3v) is 3.06. The number of carbonyl (C=O) groups is 1. The fraction of sp³-hybridized carbons (Fsp3) is 0.100. The van der Waals surface area contributed by atoms with Gasteiger partial charge in [-0.05, 0) is 23.7 Å². The van der Waals surface area contributed by atoms with E-state index >= 15 is 0 Å². The van der Waals surface area contributed by atoms with Crippen LogP contribution >= 0.6 is 11.5 Å². The molecule has 0 fully saturated rings. The molecule has 2 aromatic heterocycles. The molecule has 0 atom stereocenters. The number of aromatic nitrogens is 5. The molecular weight excluding hydrogens is 254 g/mol. The van der Waals surface area contributed by atoms with Crippen LogP contribution in [0.25, 0.3) is 10.2 Å². The summed E-state index contributed by atoms with van der Waals surface area (Å²) in [6.45, 7) is 0.0292. The Balaban J connectivity index is 1.81. The third-order valence-electron chi connectivity index (χ3n) is 2.29. The van der Waals surface area contributed by atoms with Crippen LogP contribution in [0.4, 0.5) is 0 Å². The molecule has 7 nitrogen and oxygen atoms in total. The fourth-order valence-electron chi connectivity index (χ4n) is 1.47. The second-order valence-corrected chi connectivity index (χ2v) is 4.18. The van der Waals surface area contributed by atoms with Gasteiger partial charge in [0.25, 0.3) is 0 Å². The normalized spacial score (nSPS) is 10.7. The van der Waals surface area contributed by atoms with Crippen molar-refractivity contribution in [1.82, 2.24) is 24.4 Å². The molecule has 18 heavy (non-hydrogen) atoms. The topological polar surface area (TPSA) is 82.8 Å². The molecule has 0 unspecified atom stereocenters. The van der Waals surface area contributed by atoms with Crippen LogP contribution in [0.15, 0.2) is 30.9 Å².